The molecule has 82 valence electrons. The molecule has 2 rings (SSSR count). The first kappa shape index (κ1) is 10.5. The van der Waals surface area contributed by atoms with Gasteiger partial charge in [-0.25, -0.2) is 0 Å². The Balaban J connectivity index is 2.18. The van der Waals surface area contributed by atoms with E-state index in [1.54, 1.807) is 0 Å². The van der Waals surface area contributed by atoms with E-state index in [-0.39, 0.29) is 0 Å². The smallest absolute Gasteiger partial charge is 0.119 e. The van der Waals surface area contributed by atoms with Crippen molar-refractivity contribution >= 4 is 0 Å². The highest BCUT2D eigenvalue weighted by Crippen LogP contribution is 2.33. The SMILES string of the molecule is CCNC1CCc2cc(OCC)ccc21. The number of hydrogen-bond donors (Lipinski definition) is 1. The van der Waals surface area contributed by atoms with Gasteiger partial charge in [-0.2, -0.15) is 0 Å². The predicted molar refractivity (Wildman–Crippen MR) is 62.3 cm³/mol. The molecule has 0 heterocycles. The lowest BCUT2D eigenvalue weighted by Crippen LogP contribution is -2.18. The summed E-state index contributed by atoms with van der Waals surface area (Å²) in [5.74, 6) is 1.01. The maximum absolute atomic E-state index is 5.51. The molecule has 2 heteroatoms. The monoisotopic (exact) mass is 205 g/mol. The largest absolute Gasteiger partial charge is 0.494 e. The van der Waals surface area contributed by atoms with E-state index in [4.69, 9.17) is 4.74 Å². The Morgan fingerprint density at radius 3 is 3.00 bits per heavy atom. The van der Waals surface area contributed by atoms with Crippen LogP contribution in [-0.2, 0) is 6.42 Å². The summed E-state index contributed by atoms with van der Waals surface area (Å²) in [5.41, 5.74) is 2.91. The fourth-order valence-electron chi connectivity index (χ4n) is 2.31. The summed E-state index contributed by atoms with van der Waals surface area (Å²) in [7, 11) is 0. The lowest BCUT2D eigenvalue weighted by molar-refractivity contribution is 0.340. The first-order chi connectivity index (χ1) is 7.35. The molecule has 0 bridgehead atoms. The van der Waals surface area contributed by atoms with Gasteiger partial charge >= 0.3 is 0 Å². The minimum Gasteiger partial charge on any atom is -0.494 e. The summed E-state index contributed by atoms with van der Waals surface area (Å²) < 4.78 is 5.51. The number of fused-ring (bicyclic) bond motifs is 1. The van der Waals surface area contributed by atoms with Crippen LogP contribution in [0.15, 0.2) is 18.2 Å². The maximum atomic E-state index is 5.51. The molecule has 0 radical (unpaired) electrons. The Hall–Kier alpha value is -1.02. The van der Waals surface area contributed by atoms with Crippen LogP contribution in [-0.4, -0.2) is 13.2 Å². The van der Waals surface area contributed by atoms with Gasteiger partial charge in [-0.1, -0.05) is 13.0 Å². The molecule has 0 saturated carbocycles. The molecule has 1 atom stereocenters. The second-order valence-corrected chi connectivity index (χ2v) is 3.94. The van der Waals surface area contributed by atoms with E-state index >= 15 is 0 Å². The van der Waals surface area contributed by atoms with Gasteiger partial charge < -0.3 is 10.1 Å². The second-order valence-electron chi connectivity index (χ2n) is 3.94. The highest BCUT2D eigenvalue weighted by molar-refractivity contribution is 5.40. The Morgan fingerprint density at radius 2 is 2.27 bits per heavy atom. The summed E-state index contributed by atoms with van der Waals surface area (Å²) in [6.07, 6.45) is 2.40. The fourth-order valence-corrected chi connectivity index (χ4v) is 2.31. The summed E-state index contributed by atoms with van der Waals surface area (Å²) in [5, 5.41) is 3.51. The van der Waals surface area contributed by atoms with Gasteiger partial charge in [0, 0.05) is 6.04 Å². The lowest BCUT2D eigenvalue weighted by Gasteiger charge is -2.12. The van der Waals surface area contributed by atoms with Gasteiger partial charge in [-0.05, 0) is 49.6 Å². The first-order valence-electron chi connectivity index (χ1n) is 5.84. The summed E-state index contributed by atoms with van der Waals surface area (Å²) >= 11 is 0. The highest BCUT2D eigenvalue weighted by Gasteiger charge is 2.21. The molecule has 0 saturated heterocycles. The Labute approximate surface area is 91.6 Å². The quantitative estimate of drug-likeness (QED) is 0.816. The van der Waals surface area contributed by atoms with E-state index in [2.05, 4.69) is 30.4 Å². The number of ether oxygens (including phenoxy) is 1. The standard InChI is InChI=1S/C13H19NO/c1-3-14-13-8-5-10-9-11(15-4-2)6-7-12(10)13/h6-7,9,13-14H,3-5,8H2,1-2H3. The van der Waals surface area contributed by atoms with E-state index < -0.39 is 0 Å². The molecule has 1 N–H and O–H groups in total. The fraction of sp³-hybridized carbons (Fsp3) is 0.538. The van der Waals surface area contributed by atoms with Crippen molar-refractivity contribution in [3.05, 3.63) is 29.3 Å². The molecule has 1 aliphatic carbocycles. The summed E-state index contributed by atoms with van der Waals surface area (Å²) in [6, 6.07) is 7.04. The minimum absolute atomic E-state index is 0.556. The predicted octanol–water partition coefficient (Wildman–Crippen LogP) is 2.68. The highest BCUT2D eigenvalue weighted by atomic mass is 16.5. The van der Waals surface area contributed by atoms with E-state index in [0.29, 0.717) is 6.04 Å². The molecule has 0 aromatic heterocycles. The normalized spacial score (nSPS) is 18.9. The van der Waals surface area contributed by atoms with Gasteiger partial charge in [0.2, 0.25) is 0 Å². The maximum Gasteiger partial charge on any atom is 0.119 e. The number of benzene rings is 1. The number of aryl methyl sites for hydroxylation is 1. The van der Waals surface area contributed by atoms with Crippen LogP contribution in [0.3, 0.4) is 0 Å². The van der Waals surface area contributed by atoms with Crippen molar-refractivity contribution in [3.63, 3.8) is 0 Å². The Kier molecular flexibility index (Phi) is 3.27. The average molecular weight is 205 g/mol. The molecule has 2 nitrogen and oxygen atoms in total. The van der Waals surface area contributed by atoms with Crippen LogP contribution in [0.25, 0.3) is 0 Å². The van der Waals surface area contributed by atoms with Gasteiger partial charge in [0.25, 0.3) is 0 Å². The van der Waals surface area contributed by atoms with Gasteiger partial charge in [-0.3, -0.25) is 0 Å². The Morgan fingerprint density at radius 1 is 1.40 bits per heavy atom. The number of nitrogens with one attached hydrogen (secondary N) is 1. The van der Waals surface area contributed by atoms with Crippen molar-refractivity contribution in [2.75, 3.05) is 13.2 Å². The molecule has 1 aromatic rings. The third-order valence-electron chi connectivity index (χ3n) is 2.95. The van der Waals surface area contributed by atoms with Crippen LogP contribution in [0.1, 0.15) is 37.4 Å². The molecule has 15 heavy (non-hydrogen) atoms. The van der Waals surface area contributed by atoms with Crippen LogP contribution < -0.4 is 10.1 Å². The lowest BCUT2D eigenvalue weighted by atomic mass is 10.1. The van der Waals surface area contributed by atoms with Crippen molar-refractivity contribution in [3.8, 4) is 5.75 Å². The van der Waals surface area contributed by atoms with Gasteiger partial charge in [0.15, 0.2) is 0 Å². The van der Waals surface area contributed by atoms with Crippen molar-refractivity contribution in [2.24, 2.45) is 0 Å². The van der Waals surface area contributed by atoms with Crippen LogP contribution >= 0.6 is 0 Å². The molecule has 0 spiro atoms. The summed E-state index contributed by atoms with van der Waals surface area (Å²) in [4.78, 5) is 0. The number of hydrogen-bond acceptors (Lipinski definition) is 2. The third-order valence-corrected chi connectivity index (χ3v) is 2.95. The van der Waals surface area contributed by atoms with Crippen LogP contribution in [0.2, 0.25) is 0 Å². The molecule has 0 aliphatic heterocycles. The van der Waals surface area contributed by atoms with Gasteiger partial charge in [-0.15, -0.1) is 0 Å². The van der Waals surface area contributed by atoms with Gasteiger partial charge in [0.05, 0.1) is 6.61 Å². The van der Waals surface area contributed by atoms with E-state index in [1.807, 2.05) is 6.92 Å². The average Bonchev–Trinajstić information content (AvgIpc) is 2.62. The third kappa shape index (κ3) is 2.15. The molecule has 0 fully saturated rings. The second kappa shape index (κ2) is 4.67. The molecule has 1 aliphatic rings. The molecular formula is C13H19NO. The zero-order chi connectivity index (χ0) is 10.7. The van der Waals surface area contributed by atoms with Crippen molar-refractivity contribution in [1.82, 2.24) is 5.32 Å². The Bertz CT molecular complexity index is 335. The number of rotatable bonds is 4. The molecule has 0 amide bonds. The van der Waals surface area contributed by atoms with E-state index in [9.17, 15) is 0 Å². The zero-order valence-electron chi connectivity index (χ0n) is 9.55. The van der Waals surface area contributed by atoms with Crippen molar-refractivity contribution < 1.29 is 4.74 Å². The van der Waals surface area contributed by atoms with Crippen LogP contribution in [0.4, 0.5) is 0 Å². The van der Waals surface area contributed by atoms with Crippen molar-refractivity contribution in [1.29, 1.82) is 0 Å². The first-order valence-corrected chi connectivity index (χ1v) is 5.84. The molecule has 1 aromatic carbocycles. The van der Waals surface area contributed by atoms with Crippen LogP contribution in [0.5, 0.6) is 5.75 Å². The summed E-state index contributed by atoms with van der Waals surface area (Å²) in [6.45, 7) is 5.97. The topological polar surface area (TPSA) is 21.3 Å². The molecular weight excluding hydrogens is 186 g/mol. The molecule has 1 unspecified atom stereocenters. The van der Waals surface area contributed by atoms with E-state index in [1.165, 1.54) is 24.0 Å². The van der Waals surface area contributed by atoms with Gasteiger partial charge in [0.1, 0.15) is 5.75 Å². The zero-order valence-corrected chi connectivity index (χ0v) is 9.55. The van der Waals surface area contributed by atoms with Crippen LogP contribution in [0, 0.1) is 0 Å². The van der Waals surface area contributed by atoms with E-state index in [0.717, 1.165) is 18.9 Å². The minimum atomic E-state index is 0.556. The van der Waals surface area contributed by atoms with Crippen molar-refractivity contribution in [2.45, 2.75) is 32.7 Å².